The summed E-state index contributed by atoms with van der Waals surface area (Å²) in [6, 6.07) is 2.62. The fourth-order valence-electron chi connectivity index (χ4n) is 1.37. The van der Waals surface area contributed by atoms with Crippen LogP contribution in [0.25, 0.3) is 0 Å². The van der Waals surface area contributed by atoms with Gasteiger partial charge in [0.05, 0.1) is 6.61 Å². The van der Waals surface area contributed by atoms with Crippen molar-refractivity contribution in [3.8, 4) is 0 Å². The molecule has 0 saturated carbocycles. The van der Waals surface area contributed by atoms with Crippen LogP contribution in [0.5, 0.6) is 0 Å². The van der Waals surface area contributed by atoms with Crippen molar-refractivity contribution >= 4 is 27.3 Å². The Morgan fingerprint density at radius 1 is 1.69 bits per heavy atom. The molecule has 2 rings (SSSR count). The van der Waals surface area contributed by atoms with Gasteiger partial charge in [-0.05, 0) is 28.9 Å². The highest BCUT2D eigenvalue weighted by molar-refractivity contribution is 9.10. The third-order valence-electron chi connectivity index (χ3n) is 2.10. The molecule has 1 aromatic heterocycles. The minimum absolute atomic E-state index is 0.243. The van der Waals surface area contributed by atoms with E-state index in [1.165, 1.54) is 4.88 Å². The van der Waals surface area contributed by atoms with E-state index in [4.69, 9.17) is 4.74 Å². The monoisotopic (exact) mass is 261 g/mol. The maximum atomic E-state index is 5.72. The van der Waals surface area contributed by atoms with E-state index in [0.717, 1.165) is 17.6 Å². The van der Waals surface area contributed by atoms with Gasteiger partial charge in [-0.15, -0.1) is 11.3 Å². The zero-order valence-corrected chi connectivity index (χ0v) is 9.82. The van der Waals surface area contributed by atoms with Crippen molar-refractivity contribution in [2.75, 3.05) is 13.2 Å². The predicted octanol–water partition coefficient (Wildman–Crippen LogP) is 2.56. The number of hydrogen-bond donors (Lipinski definition) is 1. The summed E-state index contributed by atoms with van der Waals surface area (Å²) in [6.07, 6.45) is 0.243. The van der Waals surface area contributed by atoms with E-state index in [2.05, 4.69) is 39.6 Å². The van der Waals surface area contributed by atoms with Gasteiger partial charge in [0.25, 0.3) is 0 Å². The fourth-order valence-corrected chi connectivity index (χ4v) is 2.86. The summed E-state index contributed by atoms with van der Waals surface area (Å²) in [6.45, 7) is 3.87. The third kappa shape index (κ3) is 2.31. The van der Waals surface area contributed by atoms with Crippen LogP contribution in [0, 0.1) is 0 Å². The minimum Gasteiger partial charge on any atom is -0.370 e. The van der Waals surface area contributed by atoms with Crippen molar-refractivity contribution in [2.45, 2.75) is 19.1 Å². The first-order valence-corrected chi connectivity index (χ1v) is 6.02. The van der Waals surface area contributed by atoms with Crippen molar-refractivity contribution in [1.29, 1.82) is 0 Å². The Morgan fingerprint density at radius 3 is 3.08 bits per heavy atom. The second kappa shape index (κ2) is 4.09. The molecule has 72 valence electrons. The van der Waals surface area contributed by atoms with Gasteiger partial charge in [-0.25, -0.2) is 0 Å². The summed E-state index contributed by atoms with van der Waals surface area (Å²) >= 11 is 5.19. The quantitative estimate of drug-likeness (QED) is 0.839. The topological polar surface area (TPSA) is 21.3 Å². The molecular weight excluding hydrogens is 250 g/mol. The molecule has 0 spiro atoms. The standard InChI is InChI=1S/C9H12BrNOS/c1-6-4-12-8(3-11-6)9-2-7(10)5-13-9/h2,5-6,8,11H,3-4H2,1H3. The van der Waals surface area contributed by atoms with Crippen LogP contribution < -0.4 is 5.32 Å². The van der Waals surface area contributed by atoms with Gasteiger partial charge >= 0.3 is 0 Å². The summed E-state index contributed by atoms with van der Waals surface area (Å²) < 4.78 is 6.86. The number of nitrogens with one attached hydrogen (secondary N) is 1. The first-order chi connectivity index (χ1) is 6.25. The SMILES string of the molecule is CC1COC(c2cc(Br)cs2)CN1. The van der Waals surface area contributed by atoms with Crippen molar-refractivity contribution in [2.24, 2.45) is 0 Å². The van der Waals surface area contributed by atoms with Crippen molar-refractivity contribution in [3.05, 3.63) is 20.8 Å². The molecule has 0 radical (unpaired) electrons. The Bertz CT molecular complexity index is 281. The van der Waals surface area contributed by atoms with E-state index < -0.39 is 0 Å². The van der Waals surface area contributed by atoms with Gasteiger partial charge in [-0.1, -0.05) is 0 Å². The van der Waals surface area contributed by atoms with E-state index in [1.54, 1.807) is 11.3 Å². The van der Waals surface area contributed by atoms with Crippen LogP contribution in [0.15, 0.2) is 15.9 Å². The summed E-state index contributed by atoms with van der Waals surface area (Å²) in [5.41, 5.74) is 0. The maximum absolute atomic E-state index is 5.72. The van der Waals surface area contributed by atoms with Gasteiger partial charge in [0.2, 0.25) is 0 Å². The Labute approximate surface area is 90.4 Å². The van der Waals surface area contributed by atoms with Crippen molar-refractivity contribution < 1.29 is 4.74 Å². The predicted molar refractivity (Wildman–Crippen MR) is 58.2 cm³/mol. The molecule has 1 fully saturated rings. The zero-order chi connectivity index (χ0) is 9.26. The minimum atomic E-state index is 0.243. The first-order valence-electron chi connectivity index (χ1n) is 4.34. The Hall–Kier alpha value is 0.1000. The molecule has 1 saturated heterocycles. The highest BCUT2D eigenvalue weighted by Gasteiger charge is 2.20. The third-order valence-corrected chi connectivity index (χ3v) is 3.89. The lowest BCUT2D eigenvalue weighted by atomic mass is 10.2. The molecule has 2 atom stereocenters. The van der Waals surface area contributed by atoms with Gasteiger partial charge in [0.1, 0.15) is 6.10 Å². The maximum Gasteiger partial charge on any atom is 0.104 e. The van der Waals surface area contributed by atoms with Crippen LogP contribution in [0.1, 0.15) is 17.9 Å². The van der Waals surface area contributed by atoms with Gasteiger partial charge < -0.3 is 10.1 Å². The van der Waals surface area contributed by atoms with Gasteiger partial charge in [-0.3, -0.25) is 0 Å². The number of halogens is 1. The molecule has 2 heterocycles. The molecule has 1 aliphatic rings. The van der Waals surface area contributed by atoms with E-state index in [1.807, 2.05) is 0 Å². The average Bonchev–Trinajstić information content (AvgIpc) is 2.53. The van der Waals surface area contributed by atoms with Crippen LogP contribution in [-0.2, 0) is 4.74 Å². The molecular formula is C9H12BrNOS. The molecule has 13 heavy (non-hydrogen) atoms. The van der Waals surface area contributed by atoms with Gasteiger partial charge in [-0.2, -0.15) is 0 Å². The molecule has 1 N–H and O–H groups in total. The van der Waals surface area contributed by atoms with Gasteiger partial charge in [0, 0.05) is 27.3 Å². The molecule has 2 nitrogen and oxygen atoms in total. The molecule has 1 aromatic rings. The Morgan fingerprint density at radius 2 is 2.54 bits per heavy atom. The van der Waals surface area contributed by atoms with E-state index >= 15 is 0 Å². The average molecular weight is 262 g/mol. The summed E-state index contributed by atoms with van der Waals surface area (Å²) in [5.74, 6) is 0. The van der Waals surface area contributed by atoms with E-state index in [9.17, 15) is 0 Å². The van der Waals surface area contributed by atoms with Crippen molar-refractivity contribution in [1.82, 2.24) is 5.32 Å². The number of ether oxygens (including phenoxy) is 1. The highest BCUT2D eigenvalue weighted by Crippen LogP contribution is 2.28. The van der Waals surface area contributed by atoms with Crippen LogP contribution in [0.3, 0.4) is 0 Å². The summed E-state index contributed by atoms with van der Waals surface area (Å²) in [5, 5.41) is 5.50. The number of morpholine rings is 1. The smallest absolute Gasteiger partial charge is 0.104 e. The number of thiophene rings is 1. The molecule has 0 bridgehead atoms. The molecule has 1 aliphatic heterocycles. The lowest BCUT2D eigenvalue weighted by Crippen LogP contribution is -2.40. The second-order valence-corrected chi connectivity index (χ2v) is 5.16. The molecule has 0 aromatic carbocycles. The Kier molecular flexibility index (Phi) is 3.03. The fraction of sp³-hybridized carbons (Fsp3) is 0.556. The molecule has 4 heteroatoms. The zero-order valence-electron chi connectivity index (χ0n) is 7.42. The first kappa shape index (κ1) is 9.65. The Balaban J connectivity index is 2.02. The molecule has 2 unspecified atom stereocenters. The van der Waals surface area contributed by atoms with E-state index in [-0.39, 0.29) is 6.10 Å². The van der Waals surface area contributed by atoms with Gasteiger partial charge in [0.15, 0.2) is 0 Å². The highest BCUT2D eigenvalue weighted by atomic mass is 79.9. The van der Waals surface area contributed by atoms with Crippen LogP contribution in [0.4, 0.5) is 0 Å². The number of rotatable bonds is 1. The molecule has 0 amide bonds. The normalized spacial score (nSPS) is 29.1. The number of hydrogen-bond acceptors (Lipinski definition) is 3. The largest absolute Gasteiger partial charge is 0.370 e. The second-order valence-electron chi connectivity index (χ2n) is 3.30. The van der Waals surface area contributed by atoms with E-state index in [0.29, 0.717) is 6.04 Å². The van der Waals surface area contributed by atoms with Crippen molar-refractivity contribution in [3.63, 3.8) is 0 Å². The van der Waals surface area contributed by atoms with Crippen LogP contribution in [-0.4, -0.2) is 19.2 Å². The van der Waals surface area contributed by atoms with Crippen LogP contribution >= 0.6 is 27.3 Å². The molecule has 0 aliphatic carbocycles. The summed E-state index contributed by atoms with van der Waals surface area (Å²) in [7, 11) is 0. The lowest BCUT2D eigenvalue weighted by Gasteiger charge is -2.27. The summed E-state index contributed by atoms with van der Waals surface area (Å²) in [4.78, 5) is 1.30. The lowest BCUT2D eigenvalue weighted by molar-refractivity contribution is 0.00900. The van der Waals surface area contributed by atoms with Crippen LogP contribution in [0.2, 0.25) is 0 Å².